The summed E-state index contributed by atoms with van der Waals surface area (Å²) >= 11 is 0. The summed E-state index contributed by atoms with van der Waals surface area (Å²) in [5, 5.41) is 2.51. The standard InChI is InChI=1S/C39H28N2/c1-27-14-16-29(17-15-27)34-22-33(28-8-3-2-4-9-28)23-35(24-34)39-25-38(40-26-41-39)32-20-18-31(19-21-32)37-13-7-11-30-10-5-6-12-36(30)37/h2-26H,1H3. The zero-order chi connectivity index (χ0) is 27.6. The van der Waals surface area contributed by atoms with E-state index < -0.39 is 0 Å². The fraction of sp³-hybridized carbons (Fsp3) is 0.0256. The van der Waals surface area contributed by atoms with Gasteiger partial charge in [-0.3, -0.25) is 0 Å². The second-order valence-corrected chi connectivity index (χ2v) is 10.4. The van der Waals surface area contributed by atoms with Crippen molar-refractivity contribution in [2.75, 3.05) is 0 Å². The van der Waals surface area contributed by atoms with Gasteiger partial charge in [-0.25, -0.2) is 9.97 Å². The van der Waals surface area contributed by atoms with Gasteiger partial charge < -0.3 is 0 Å². The van der Waals surface area contributed by atoms with Crippen LogP contribution in [0.4, 0.5) is 0 Å². The summed E-state index contributed by atoms with van der Waals surface area (Å²) in [4.78, 5) is 9.35. The highest BCUT2D eigenvalue weighted by Gasteiger charge is 2.11. The Kier molecular flexibility index (Phi) is 6.42. The van der Waals surface area contributed by atoms with Crippen molar-refractivity contribution in [2.24, 2.45) is 0 Å². The van der Waals surface area contributed by atoms with Crippen molar-refractivity contribution in [1.82, 2.24) is 9.97 Å². The van der Waals surface area contributed by atoms with Gasteiger partial charge in [0.25, 0.3) is 0 Å². The van der Waals surface area contributed by atoms with E-state index in [4.69, 9.17) is 4.98 Å². The maximum Gasteiger partial charge on any atom is 0.116 e. The van der Waals surface area contributed by atoms with Gasteiger partial charge in [-0.05, 0) is 75.3 Å². The summed E-state index contributed by atoms with van der Waals surface area (Å²) in [5.41, 5.74) is 12.3. The molecular formula is C39H28N2. The van der Waals surface area contributed by atoms with Crippen LogP contribution < -0.4 is 0 Å². The average molecular weight is 525 g/mol. The fourth-order valence-corrected chi connectivity index (χ4v) is 5.46. The smallest absolute Gasteiger partial charge is 0.116 e. The Labute approximate surface area is 240 Å². The van der Waals surface area contributed by atoms with Crippen LogP contribution in [0.5, 0.6) is 0 Å². The quantitative estimate of drug-likeness (QED) is 0.224. The van der Waals surface area contributed by atoms with E-state index in [1.165, 1.54) is 49.7 Å². The molecule has 0 spiro atoms. The third-order valence-corrected chi connectivity index (χ3v) is 7.67. The van der Waals surface area contributed by atoms with E-state index in [0.717, 1.165) is 22.5 Å². The fourth-order valence-electron chi connectivity index (χ4n) is 5.46. The van der Waals surface area contributed by atoms with Gasteiger partial charge in [-0.15, -0.1) is 0 Å². The number of benzene rings is 6. The van der Waals surface area contributed by atoms with E-state index in [9.17, 15) is 0 Å². The van der Waals surface area contributed by atoms with Gasteiger partial charge in [0.2, 0.25) is 0 Å². The van der Waals surface area contributed by atoms with Gasteiger partial charge in [0, 0.05) is 11.1 Å². The molecule has 0 saturated heterocycles. The molecule has 7 rings (SSSR count). The molecule has 1 heterocycles. The molecule has 194 valence electrons. The lowest BCUT2D eigenvalue weighted by atomic mass is 9.94. The normalized spacial score (nSPS) is 11.0. The van der Waals surface area contributed by atoms with E-state index in [1.54, 1.807) is 6.33 Å². The van der Waals surface area contributed by atoms with Crippen molar-refractivity contribution in [3.8, 4) is 55.9 Å². The predicted octanol–water partition coefficient (Wildman–Crippen LogP) is 10.3. The molecule has 41 heavy (non-hydrogen) atoms. The number of hydrogen-bond acceptors (Lipinski definition) is 2. The third kappa shape index (κ3) is 5.04. The minimum Gasteiger partial charge on any atom is -0.236 e. The van der Waals surface area contributed by atoms with Crippen molar-refractivity contribution >= 4 is 10.8 Å². The van der Waals surface area contributed by atoms with Gasteiger partial charge >= 0.3 is 0 Å². The maximum atomic E-state index is 4.71. The van der Waals surface area contributed by atoms with Crippen LogP contribution >= 0.6 is 0 Å². The highest BCUT2D eigenvalue weighted by Crippen LogP contribution is 2.34. The van der Waals surface area contributed by atoms with Crippen molar-refractivity contribution in [2.45, 2.75) is 6.92 Å². The zero-order valence-electron chi connectivity index (χ0n) is 22.8. The van der Waals surface area contributed by atoms with Crippen LogP contribution in [0.25, 0.3) is 66.7 Å². The molecule has 0 amide bonds. The monoisotopic (exact) mass is 524 g/mol. The second-order valence-electron chi connectivity index (χ2n) is 10.4. The van der Waals surface area contributed by atoms with E-state index in [-0.39, 0.29) is 0 Å². The van der Waals surface area contributed by atoms with Crippen LogP contribution in [-0.4, -0.2) is 9.97 Å². The maximum absolute atomic E-state index is 4.71. The number of rotatable bonds is 5. The van der Waals surface area contributed by atoms with Crippen LogP contribution in [0.3, 0.4) is 0 Å². The molecule has 0 bridgehead atoms. The molecule has 0 N–H and O–H groups in total. The molecule has 0 saturated carbocycles. The largest absolute Gasteiger partial charge is 0.236 e. The number of nitrogens with zero attached hydrogens (tertiary/aromatic N) is 2. The molecule has 1 aromatic heterocycles. The van der Waals surface area contributed by atoms with Gasteiger partial charge in [-0.1, -0.05) is 127 Å². The lowest BCUT2D eigenvalue weighted by molar-refractivity contribution is 1.18. The predicted molar refractivity (Wildman–Crippen MR) is 171 cm³/mol. The van der Waals surface area contributed by atoms with Crippen molar-refractivity contribution < 1.29 is 0 Å². The number of hydrogen-bond donors (Lipinski definition) is 0. The SMILES string of the molecule is Cc1ccc(-c2cc(-c3ccccc3)cc(-c3cc(-c4ccc(-c5cccc6ccccc56)cc4)ncn3)c2)cc1. The van der Waals surface area contributed by atoms with Crippen molar-refractivity contribution in [1.29, 1.82) is 0 Å². The molecule has 0 radical (unpaired) electrons. The van der Waals surface area contributed by atoms with Crippen LogP contribution in [-0.2, 0) is 0 Å². The molecule has 6 aromatic carbocycles. The van der Waals surface area contributed by atoms with Crippen LogP contribution in [0, 0.1) is 6.92 Å². The minimum atomic E-state index is 0.902. The van der Waals surface area contributed by atoms with E-state index in [1.807, 2.05) is 0 Å². The summed E-state index contributed by atoms with van der Waals surface area (Å²) < 4.78 is 0. The number of fused-ring (bicyclic) bond motifs is 1. The summed E-state index contributed by atoms with van der Waals surface area (Å²) in [6.45, 7) is 2.12. The number of aromatic nitrogens is 2. The molecule has 0 aliphatic carbocycles. The molecule has 2 heteroatoms. The van der Waals surface area contributed by atoms with Gasteiger partial charge in [0.1, 0.15) is 6.33 Å². The molecule has 0 aliphatic rings. The molecule has 2 nitrogen and oxygen atoms in total. The van der Waals surface area contributed by atoms with Crippen LogP contribution in [0.2, 0.25) is 0 Å². The minimum absolute atomic E-state index is 0.902. The van der Waals surface area contributed by atoms with E-state index in [2.05, 4.69) is 158 Å². The lowest BCUT2D eigenvalue weighted by Crippen LogP contribution is -1.92. The van der Waals surface area contributed by atoms with Gasteiger partial charge in [0.05, 0.1) is 11.4 Å². The van der Waals surface area contributed by atoms with E-state index in [0.29, 0.717) is 0 Å². The highest BCUT2D eigenvalue weighted by atomic mass is 14.8. The second kappa shape index (κ2) is 10.7. The summed E-state index contributed by atoms with van der Waals surface area (Å²) in [5.74, 6) is 0. The molecule has 7 aromatic rings. The Morgan fingerprint density at radius 1 is 0.390 bits per heavy atom. The number of aryl methyl sites for hydroxylation is 1. The Morgan fingerprint density at radius 2 is 0.951 bits per heavy atom. The highest BCUT2D eigenvalue weighted by molar-refractivity contribution is 5.96. The topological polar surface area (TPSA) is 25.8 Å². The zero-order valence-corrected chi connectivity index (χ0v) is 22.8. The summed E-state index contributed by atoms with van der Waals surface area (Å²) in [7, 11) is 0. The molecule has 0 aliphatic heterocycles. The van der Waals surface area contributed by atoms with Crippen molar-refractivity contribution in [3.05, 3.63) is 157 Å². The van der Waals surface area contributed by atoms with Gasteiger partial charge in [-0.2, -0.15) is 0 Å². The summed E-state index contributed by atoms with van der Waals surface area (Å²) in [6, 6.07) is 51.7. The summed E-state index contributed by atoms with van der Waals surface area (Å²) in [6.07, 6.45) is 1.67. The van der Waals surface area contributed by atoms with Crippen molar-refractivity contribution in [3.63, 3.8) is 0 Å². The first-order chi connectivity index (χ1) is 20.2. The molecule has 0 atom stereocenters. The lowest BCUT2D eigenvalue weighted by Gasteiger charge is -2.12. The molecular weight excluding hydrogens is 496 g/mol. The molecule has 0 unspecified atom stereocenters. The third-order valence-electron chi connectivity index (χ3n) is 7.67. The van der Waals surface area contributed by atoms with Crippen LogP contribution in [0.1, 0.15) is 5.56 Å². The Morgan fingerprint density at radius 3 is 1.71 bits per heavy atom. The van der Waals surface area contributed by atoms with Gasteiger partial charge in [0.15, 0.2) is 0 Å². The Bertz CT molecular complexity index is 1970. The molecule has 0 fully saturated rings. The van der Waals surface area contributed by atoms with E-state index >= 15 is 0 Å². The Balaban J connectivity index is 1.28. The average Bonchev–Trinajstić information content (AvgIpc) is 3.05. The first-order valence-electron chi connectivity index (χ1n) is 13.9. The first kappa shape index (κ1) is 24.7. The van der Waals surface area contributed by atoms with Crippen LogP contribution in [0.15, 0.2) is 152 Å². The first-order valence-corrected chi connectivity index (χ1v) is 13.9. The Hall–Kier alpha value is -5.34.